The number of benzene rings is 2. The van der Waals surface area contributed by atoms with Gasteiger partial charge in [0.2, 0.25) is 0 Å². The molecule has 7 nitrogen and oxygen atoms in total. The maximum atomic E-state index is 12.0. The molecule has 4 N–H and O–H groups in total. The topological polar surface area (TPSA) is 120 Å². The summed E-state index contributed by atoms with van der Waals surface area (Å²) in [7, 11) is 0. The van der Waals surface area contributed by atoms with Gasteiger partial charge in [-0.2, -0.15) is 0 Å². The monoisotopic (exact) mass is 352 g/mol. The lowest BCUT2D eigenvalue weighted by molar-refractivity contribution is -0.146. The number of rotatable bonds is 5. The van der Waals surface area contributed by atoms with Crippen LogP contribution in [0.5, 0.6) is 5.75 Å². The molecule has 0 bridgehead atoms. The number of hydrogen-bond acceptors (Lipinski definition) is 5. The maximum Gasteiger partial charge on any atom is 0.334 e. The number of nitrogens with one attached hydrogen (secondary N) is 1. The van der Waals surface area contributed by atoms with Gasteiger partial charge in [0.05, 0.1) is 6.54 Å². The highest BCUT2D eigenvalue weighted by atomic mass is 16.4. The number of carboxylic acids is 1. The number of aromatic nitrogens is 1. The molecule has 0 radical (unpaired) electrons. The van der Waals surface area contributed by atoms with Crippen molar-refractivity contribution >= 4 is 22.6 Å². The number of carbonyl (C=O) groups excluding carboxylic acids is 1. The first-order valence-corrected chi connectivity index (χ1v) is 7.83. The number of aliphatic hydroxyl groups is 1. The first-order chi connectivity index (χ1) is 12.5. The second kappa shape index (κ2) is 7.20. The van der Waals surface area contributed by atoms with Gasteiger partial charge in [-0.3, -0.25) is 4.79 Å². The van der Waals surface area contributed by atoms with Gasteiger partial charge in [-0.15, -0.1) is 0 Å². The zero-order chi connectivity index (χ0) is 18.7. The number of aliphatic hydroxyl groups excluding tert-OH is 1. The lowest BCUT2D eigenvalue weighted by atomic mass is 10.0. The molecular formula is C19H16N2O5. The number of hydrogen-bond donors (Lipinski definition) is 4. The van der Waals surface area contributed by atoms with Crippen LogP contribution in [0.2, 0.25) is 0 Å². The molecule has 0 aliphatic rings. The van der Waals surface area contributed by atoms with Crippen LogP contribution in [0.1, 0.15) is 10.5 Å². The van der Waals surface area contributed by atoms with E-state index in [2.05, 4.69) is 10.3 Å². The smallest absolute Gasteiger partial charge is 0.334 e. The molecule has 1 atom stereocenters. The van der Waals surface area contributed by atoms with E-state index in [1.54, 1.807) is 0 Å². The fraction of sp³-hybridized carbons (Fsp3) is 0.105. The number of pyridine rings is 1. The van der Waals surface area contributed by atoms with E-state index in [9.17, 15) is 19.8 Å². The minimum Gasteiger partial charge on any atom is -0.505 e. The molecule has 0 fully saturated rings. The van der Waals surface area contributed by atoms with E-state index in [1.165, 1.54) is 12.3 Å². The van der Waals surface area contributed by atoms with Crippen LogP contribution in [0.3, 0.4) is 0 Å². The molecule has 2 aromatic carbocycles. The fourth-order valence-electron chi connectivity index (χ4n) is 2.52. The van der Waals surface area contributed by atoms with Crippen LogP contribution in [0, 0.1) is 0 Å². The Labute approximate surface area is 148 Å². The predicted octanol–water partition coefficient (Wildman–Crippen LogP) is 1.78. The molecule has 3 aromatic rings. The number of aromatic hydroxyl groups is 1. The van der Waals surface area contributed by atoms with Gasteiger partial charge >= 0.3 is 5.97 Å². The Balaban J connectivity index is 1.82. The second-order valence-electron chi connectivity index (χ2n) is 5.72. The Morgan fingerprint density at radius 2 is 1.77 bits per heavy atom. The zero-order valence-electron chi connectivity index (χ0n) is 13.6. The van der Waals surface area contributed by atoms with Crippen molar-refractivity contribution in [3.63, 3.8) is 0 Å². The minimum atomic E-state index is -1.72. The van der Waals surface area contributed by atoms with Crippen molar-refractivity contribution in [2.24, 2.45) is 0 Å². The predicted molar refractivity (Wildman–Crippen MR) is 94.8 cm³/mol. The van der Waals surface area contributed by atoms with Gasteiger partial charge in [0.25, 0.3) is 5.91 Å². The normalized spacial score (nSPS) is 11.9. The Hall–Kier alpha value is -3.45. The van der Waals surface area contributed by atoms with Crippen molar-refractivity contribution in [1.29, 1.82) is 0 Å². The standard InChI is InChI=1S/C19H16N2O5/c22-15-8-14(13-6-5-11-3-1-2-4-12(11)7-13)9-20-17(15)18(24)21-10-16(23)19(25)26/h1-9,16,22-23H,10H2,(H,21,24)(H,25,26). The molecule has 0 aliphatic heterocycles. The number of fused-ring (bicyclic) bond motifs is 1. The molecule has 7 heteroatoms. The second-order valence-corrected chi connectivity index (χ2v) is 5.72. The van der Waals surface area contributed by atoms with Crippen LogP contribution in [-0.2, 0) is 4.79 Å². The average Bonchev–Trinajstić information content (AvgIpc) is 2.65. The third-order valence-corrected chi connectivity index (χ3v) is 3.91. The van der Waals surface area contributed by atoms with Crippen molar-refractivity contribution in [3.8, 4) is 16.9 Å². The van der Waals surface area contributed by atoms with Crippen LogP contribution >= 0.6 is 0 Å². The quantitative estimate of drug-likeness (QED) is 0.556. The van der Waals surface area contributed by atoms with Gasteiger partial charge in [-0.25, -0.2) is 9.78 Å². The van der Waals surface area contributed by atoms with Crippen molar-refractivity contribution in [2.75, 3.05) is 6.54 Å². The molecular weight excluding hydrogens is 336 g/mol. The van der Waals surface area contributed by atoms with E-state index in [0.717, 1.165) is 16.3 Å². The number of amides is 1. The maximum absolute atomic E-state index is 12.0. The Morgan fingerprint density at radius 1 is 1.04 bits per heavy atom. The molecule has 1 amide bonds. The molecule has 0 saturated heterocycles. The van der Waals surface area contributed by atoms with Gasteiger partial charge in [0.15, 0.2) is 11.8 Å². The number of carbonyl (C=O) groups is 2. The Kier molecular flexibility index (Phi) is 4.81. The third kappa shape index (κ3) is 3.62. The third-order valence-electron chi connectivity index (χ3n) is 3.91. The van der Waals surface area contributed by atoms with Gasteiger partial charge in [-0.05, 0) is 28.5 Å². The summed E-state index contributed by atoms with van der Waals surface area (Å²) < 4.78 is 0. The molecule has 132 valence electrons. The largest absolute Gasteiger partial charge is 0.505 e. The van der Waals surface area contributed by atoms with E-state index < -0.39 is 24.5 Å². The summed E-state index contributed by atoms with van der Waals surface area (Å²) >= 11 is 0. The molecule has 26 heavy (non-hydrogen) atoms. The van der Waals surface area contributed by atoms with E-state index >= 15 is 0 Å². The molecule has 1 aromatic heterocycles. The number of carboxylic acid groups (broad SMARTS) is 1. The van der Waals surface area contributed by atoms with Gasteiger partial charge in [-0.1, -0.05) is 36.4 Å². The molecule has 0 spiro atoms. The van der Waals surface area contributed by atoms with Crippen LogP contribution in [0.25, 0.3) is 21.9 Å². The summed E-state index contributed by atoms with van der Waals surface area (Å²) in [6, 6.07) is 15.1. The highest BCUT2D eigenvalue weighted by Gasteiger charge is 2.18. The molecule has 1 heterocycles. The van der Waals surface area contributed by atoms with Crippen LogP contribution in [0.15, 0.2) is 54.7 Å². The van der Waals surface area contributed by atoms with Gasteiger partial charge < -0.3 is 20.6 Å². The van der Waals surface area contributed by atoms with Crippen molar-refractivity contribution in [2.45, 2.75) is 6.10 Å². The minimum absolute atomic E-state index is 0.243. The lowest BCUT2D eigenvalue weighted by Crippen LogP contribution is -2.36. The van der Waals surface area contributed by atoms with Crippen molar-refractivity contribution in [1.82, 2.24) is 10.3 Å². The number of aliphatic carboxylic acids is 1. The summed E-state index contributed by atoms with van der Waals surface area (Å²) in [6.07, 6.45) is -0.273. The lowest BCUT2D eigenvalue weighted by Gasteiger charge is -2.10. The fourth-order valence-corrected chi connectivity index (χ4v) is 2.52. The van der Waals surface area contributed by atoms with E-state index in [4.69, 9.17) is 5.11 Å². The first-order valence-electron chi connectivity index (χ1n) is 7.83. The summed E-state index contributed by atoms with van der Waals surface area (Å²) in [5, 5.41) is 32.2. The summed E-state index contributed by atoms with van der Waals surface area (Å²) in [5.41, 5.74) is 1.22. The number of nitrogens with zero attached hydrogens (tertiary/aromatic N) is 1. The Morgan fingerprint density at radius 3 is 2.46 bits per heavy atom. The first kappa shape index (κ1) is 17.4. The summed E-state index contributed by atoms with van der Waals surface area (Å²) in [6.45, 7) is -0.484. The van der Waals surface area contributed by atoms with Crippen LogP contribution in [0.4, 0.5) is 0 Å². The highest BCUT2D eigenvalue weighted by Crippen LogP contribution is 2.27. The van der Waals surface area contributed by atoms with Gasteiger partial charge in [0.1, 0.15) is 5.75 Å². The summed E-state index contributed by atoms with van der Waals surface area (Å²) in [4.78, 5) is 26.5. The molecule has 0 saturated carbocycles. The molecule has 3 rings (SSSR count). The zero-order valence-corrected chi connectivity index (χ0v) is 13.6. The van der Waals surface area contributed by atoms with Crippen LogP contribution < -0.4 is 5.32 Å². The van der Waals surface area contributed by atoms with E-state index in [-0.39, 0.29) is 11.4 Å². The van der Waals surface area contributed by atoms with Crippen LogP contribution in [-0.4, -0.2) is 44.8 Å². The van der Waals surface area contributed by atoms with E-state index in [0.29, 0.717) is 5.56 Å². The highest BCUT2D eigenvalue weighted by molar-refractivity contribution is 5.96. The molecule has 0 aliphatic carbocycles. The Bertz CT molecular complexity index is 987. The van der Waals surface area contributed by atoms with Crippen molar-refractivity contribution < 1.29 is 24.9 Å². The summed E-state index contributed by atoms with van der Waals surface area (Å²) in [5.74, 6) is -2.56. The van der Waals surface area contributed by atoms with Crippen molar-refractivity contribution in [3.05, 3.63) is 60.4 Å². The van der Waals surface area contributed by atoms with E-state index in [1.807, 2.05) is 42.5 Å². The molecule has 1 unspecified atom stereocenters. The van der Waals surface area contributed by atoms with Gasteiger partial charge in [0, 0.05) is 11.8 Å². The SMILES string of the molecule is O=C(NCC(O)C(=O)O)c1ncc(-c2ccc3ccccc3c2)cc1O. The average molecular weight is 352 g/mol.